The van der Waals surface area contributed by atoms with Gasteiger partial charge in [-0.25, -0.2) is 22.4 Å². The highest BCUT2D eigenvalue weighted by atomic mass is 32.2. The van der Waals surface area contributed by atoms with Gasteiger partial charge in [0.25, 0.3) is 10.0 Å². The number of likely N-dealkylation sites (tertiary alicyclic amines) is 1. The number of aliphatic hydroxyl groups excluding tert-OH is 1. The Labute approximate surface area is 197 Å². The zero-order valence-electron chi connectivity index (χ0n) is 18.8. The van der Waals surface area contributed by atoms with Crippen LogP contribution in [0.4, 0.5) is 4.39 Å². The fourth-order valence-corrected chi connectivity index (χ4v) is 6.26. The van der Waals surface area contributed by atoms with E-state index in [2.05, 4.69) is 19.4 Å². The van der Waals surface area contributed by atoms with Crippen molar-refractivity contribution in [2.45, 2.75) is 43.2 Å². The molecule has 0 saturated carbocycles. The molecule has 1 saturated heterocycles. The Balaban J connectivity index is 1.54. The number of benzene rings is 1. The van der Waals surface area contributed by atoms with Crippen molar-refractivity contribution in [3.05, 3.63) is 54.6 Å². The van der Waals surface area contributed by atoms with E-state index in [0.29, 0.717) is 28.8 Å². The SMILES string of the molecule is O=S(=O)(c1ccccc1)n1ccc2c1ncc1nc(CO)n(C3CCN(CCCCCF)C3)c12. The van der Waals surface area contributed by atoms with E-state index in [1.54, 1.807) is 42.6 Å². The normalized spacial score (nSPS) is 17.3. The van der Waals surface area contributed by atoms with Crippen molar-refractivity contribution >= 4 is 32.1 Å². The Hall–Kier alpha value is -2.82. The third-order valence-electron chi connectivity index (χ3n) is 6.56. The molecule has 0 amide bonds. The van der Waals surface area contributed by atoms with Crippen molar-refractivity contribution < 1.29 is 17.9 Å². The van der Waals surface area contributed by atoms with Crippen LogP contribution in [0.2, 0.25) is 0 Å². The van der Waals surface area contributed by atoms with Crippen LogP contribution in [-0.2, 0) is 16.6 Å². The van der Waals surface area contributed by atoms with Crippen molar-refractivity contribution in [1.29, 1.82) is 0 Å². The van der Waals surface area contributed by atoms with E-state index in [4.69, 9.17) is 0 Å². The molecule has 1 N–H and O–H groups in total. The molecule has 5 rings (SSSR count). The molecule has 1 fully saturated rings. The van der Waals surface area contributed by atoms with Gasteiger partial charge in [-0.3, -0.25) is 4.39 Å². The largest absolute Gasteiger partial charge is 0.388 e. The summed E-state index contributed by atoms with van der Waals surface area (Å²) < 4.78 is 42.2. The molecule has 8 nitrogen and oxygen atoms in total. The lowest BCUT2D eigenvalue weighted by molar-refractivity contribution is 0.259. The van der Waals surface area contributed by atoms with Gasteiger partial charge in [-0.05, 0) is 50.4 Å². The standard InChI is InChI=1S/C24H28FN5O3S/c25-11-5-2-6-12-28-13-9-18(16-28)30-22(17-31)27-21-15-26-24-20(23(21)30)10-14-29(24)34(32,33)19-7-3-1-4-8-19/h1,3-4,7-8,10,14-15,18,31H,2,5-6,9,11-13,16-17H2. The van der Waals surface area contributed by atoms with Gasteiger partial charge in [0.15, 0.2) is 5.65 Å². The van der Waals surface area contributed by atoms with Crippen LogP contribution < -0.4 is 0 Å². The molecule has 0 spiro atoms. The maximum Gasteiger partial charge on any atom is 0.269 e. The second-order valence-corrected chi connectivity index (χ2v) is 10.5. The first kappa shape index (κ1) is 22.9. The number of halogens is 1. The van der Waals surface area contributed by atoms with Crippen molar-refractivity contribution in [2.75, 3.05) is 26.3 Å². The van der Waals surface area contributed by atoms with Crippen molar-refractivity contribution in [3.63, 3.8) is 0 Å². The van der Waals surface area contributed by atoms with Gasteiger partial charge in [0.1, 0.15) is 17.9 Å². The number of rotatable bonds is 9. The average molecular weight is 486 g/mol. The summed E-state index contributed by atoms with van der Waals surface area (Å²) in [5, 5.41) is 10.7. The average Bonchev–Trinajstić information content (AvgIpc) is 3.58. The topological polar surface area (TPSA) is 93.2 Å². The summed E-state index contributed by atoms with van der Waals surface area (Å²) in [6.45, 7) is 2.16. The highest BCUT2D eigenvalue weighted by Crippen LogP contribution is 2.33. The van der Waals surface area contributed by atoms with Gasteiger partial charge in [0.05, 0.1) is 23.3 Å². The molecule has 4 aromatic rings. The van der Waals surface area contributed by atoms with Gasteiger partial charge in [-0.15, -0.1) is 0 Å². The molecule has 1 aliphatic heterocycles. The van der Waals surface area contributed by atoms with Gasteiger partial charge < -0.3 is 14.6 Å². The predicted molar refractivity (Wildman–Crippen MR) is 128 cm³/mol. The molecular formula is C24H28FN5O3S. The van der Waals surface area contributed by atoms with Crippen molar-refractivity contribution in [2.24, 2.45) is 0 Å². The molecular weight excluding hydrogens is 457 g/mol. The molecule has 180 valence electrons. The smallest absolute Gasteiger partial charge is 0.269 e. The number of imidazole rings is 1. The summed E-state index contributed by atoms with van der Waals surface area (Å²) in [6, 6.07) is 10.1. The highest BCUT2D eigenvalue weighted by Gasteiger charge is 2.29. The fourth-order valence-electron chi connectivity index (χ4n) is 4.93. The third kappa shape index (κ3) is 3.99. The number of nitrogens with zero attached hydrogens (tertiary/aromatic N) is 5. The molecule has 0 radical (unpaired) electrons. The fraction of sp³-hybridized carbons (Fsp3) is 0.417. The number of hydrogen-bond acceptors (Lipinski definition) is 6. The van der Waals surface area contributed by atoms with Crippen LogP contribution in [0, 0.1) is 0 Å². The maximum atomic E-state index is 13.3. The molecule has 1 aliphatic rings. The molecule has 0 bridgehead atoms. The lowest BCUT2D eigenvalue weighted by Crippen LogP contribution is -2.23. The number of alkyl halides is 1. The summed E-state index contributed by atoms with van der Waals surface area (Å²) in [6.07, 6.45) is 6.45. The lowest BCUT2D eigenvalue weighted by atomic mass is 10.2. The Bertz CT molecular complexity index is 1400. The van der Waals surface area contributed by atoms with Crippen LogP contribution in [0.25, 0.3) is 22.1 Å². The van der Waals surface area contributed by atoms with Gasteiger partial charge in [-0.2, -0.15) is 0 Å². The van der Waals surface area contributed by atoms with E-state index in [1.807, 2.05) is 0 Å². The first-order valence-corrected chi connectivity index (χ1v) is 13.0. The Kier molecular flexibility index (Phi) is 6.37. The van der Waals surface area contributed by atoms with E-state index in [-0.39, 0.29) is 24.2 Å². The zero-order chi connectivity index (χ0) is 23.7. The molecule has 4 heterocycles. The van der Waals surface area contributed by atoms with E-state index in [1.165, 1.54) is 10.2 Å². The predicted octanol–water partition coefficient (Wildman–Crippen LogP) is 3.50. The van der Waals surface area contributed by atoms with E-state index in [0.717, 1.165) is 44.4 Å². The summed E-state index contributed by atoms with van der Waals surface area (Å²) in [5.74, 6) is 0.548. The third-order valence-corrected chi connectivity index (χ3v) is 8.24. The van der Waals surface area contributed by atoms with E-state index < -0.39 is 10.0 Å². The minimum absolute atomic E-state index is 0.105. The highest BCUT2D eigenvalue weighted by molar-refractivity contribution is 7.90. The molecule has 1 atom stereocenters. The number of fused-ring (bicyclic) bond motifs is 3. The zero-order valence-corrected chi connectivity index (χ0v) is 19.7. The maximum absolute atomic E-state index is 13.3. The van der Waals surface area contributed by atoms with E-state index in [9.17, 15) is 17.9 Å². The van der Waals surface area contributed by atoms with Crippen molar-refractivity contribution in [1.82, 2.24) is 23.4 Å². The monoisotopic (exact) mass is 485 g/mol. The Morgan fingerprint density at radius 3 is 2.71 bits per heavy atom. The van der Waals surface area contributed by atoms with Gasteiger partial charge in [0, 0.05) is 30.7 Å². The van der Waals surface area contributed by atoms with Crippen LogP contribution in [0.5, 0.6) is 0 Å². The number of pyridine rings is 1. The summed E-state index contributed by atoms with van der Waals surface area (Å²) in [5.41, 5.74) is 1.76. The number of aromatic nitrogens is 4. The van der Waals surface area contributed by atoms with Crippen LogP contribution in [0.1, 0.15) is 37.5 Å². The summed E-state index contributed by atoms with van der Waals surface area (Å²) in [7, 11) is -3.81. The number of hydrogen-bond donors (Lipinski definition) is 1. The first-order chi connectivity index (χ1) is 16.5. The minimum atomic E-state index is -3.81. The molecule has 34 heavy (non-hydrogen) atoms. The Morgan fingerprint density at radius 2 is 1.94 bits per heavy atom. The van der Waals surface area contributed by atoms with Gasteiger partial charge in [0.2, 0.25) is 0 Å². The molecule has 3 aromatic heterocycles. The van der Waals surface area contributed by atoms with Gasteiger partial charge >= 0.3 is 0 Å². The lowest BCUT2D eigenvalue weighted by Gasteiger charge is -2.18. The van der Waals surface area contributed by atoms with Gasteiger partial charge in [-0.1, -0.05) is 18.2 Å². The minimum Gasteiger partial charge on any atom is -0.388 e. The van der Waals surface area contributed by atoms with Crippen molar-refractivity contribution in [3.8, 4) is 0 Å². The van der Waals surface area contributed by atoms with Crippen LogP contribution >= 0.6 is 0 Å². The second kappa shape index (κ2) is 9.44. The first-order valence-electron chi connectivity index (χ1n) is 11.6. The van der Waals surface area contributed by atoms with Crippen LogP contribution in [-0.4, -0.2) is 63.2 Å². The molecule has 10 heteroatoms. The molecule has 1 aromatic carbocycles. The number of aliphatic hydroxyl groups is 1. The summed E-state index contributed by atoms with van der Waals surface area (Å²) in [4.78, 5) is 11.6. The second-order valence-electron chi connectivity index (χ2n) is 8.71. The Morgan fingerprint density at radius 1 is 1.12 bits per heavy atom. The number of unbranched alkanes of at least 4 members (excludes halogenated alkanes) is 2. The summed E-state index contributed by atoms with van der Waals surface area (Å²) >= 11 is 0. The van der Waals surface area contributed by atoms with Crippen LogP contribution in [0.15, 0.2) is 53.7 Å². The van der Waals surface area contributed by atoms with Crippen LogP contribution in [0.3, 0.4) is 0 Å². The molecule has 1 unspecified atom stereocenters. The van der Waals surface area contributed by atoms with E-state index >= 15 is 0 Å². The molecule has 0 aliphatic carbocycles. The quantitative estimate of drug-likeness (QED) is 0.365.